The molecule has 2 N–H and O–H groups in total. The summed E-state index contributed by atoms with van der Waals surface area (Å²) in [7, 11) is 0. The third-order valence-electron chi connectivity index (χ3n) is 4.84. The smallest absolute Gasteiger partial charge is 0.262 e. The van der Waals surface area contributed by atoms with Crippen LogP contribution >= 0.6 is 39.1 Å². The Balaban J connectivity index is 1.67. The fourth-order valence-electron chi connectivity index (χ4n) is 3.04. The van der Waals surface area contributed by atoms with Crippen LogP contribution in [0.15, 0.2) is 53.0 Å². The SMILES string of the molecule is CCOc1cc(CNc2ccc(C)c(Cl)c2)cc(Br)c1OCC(=O)Nc1ccc(C)c(Cl)c1. The van der Waals surface area contributed by atoms with E-state index in [4.69, 9.17) is 32.7 Å². The average molecular weight is 552 g/mol. The fraction of sp³-hybridized carbons (Fsp3) is 0.240. The molecule has 0 aliphatic carbocycles. The molecule has 174 valence electrons. The molecule has 33 heavy (non-hydrogen) atoms. The van der Waals surface area contributed by atoms with Crippen LogP contribution in [0.4, 0.5) is 11.4 Å². The Hall–Kier alpha value is -2.41. The average Bonchev–Trinajstić information content (AvgIpc) is 2.77. The van der Waals surface area contributed by atoms with Crippen molar-refractivity contribution in [3.63, 3.8) is 0 Å². The van der Waals surface area contributed by atoms with Crippen LogP contribution in [0.3, 0.4) is 0 Å². The molecule has 0 radical (unpaired) electrons. The van der Waals surface area contributed by atoms with E-state index in [1.54, 1.807) is 12.1 Å². The molecule has 3 aromatic rings. The molecule has 1 amide bonds. The molecule has 0 spiro atoms. The third kappa shape index (κ3) is 7.03. The second-order valence-electron chi connectivity index (χ2n) is 7.46. The van der Waals surface area contributed by atoms with E-state index in [0.29, 0.717) is 44.9 Å². The second-order valence-corrected chi connectivity index (χ2v) is 9.12. The van der Waals surface area contributed by atoms with Crippen molar-refractivity contribution in [2.75, 3.05) is 23.8 Å². The molecule has 0 aliphatic rings. The van der Waals surface area contributed by atoms with Gasteiger partial charge in [0.1, 0.15) is 0 Å². The molecule has 0 fully saturated rings. The largest absolute Gasteiger partial charge is 0.490 e. The van der Waals surface area contributed by atoms with E-state index in [1.165, 1.54) is 0 Å². The van der Waals surface area contributed by atoms with E-state index in [1.807, 2.05) is 57.2 Å². The van der Waals surface area contributed by atoms with Gasteiger partial charge in [0.05, 0.1) is 11.1 Å². The van der Waals surface area contributed by atoms with Crippen molar-refractivity contribution in [2.24, 2.45) is 0 Å². The first-order valence-electron chi connectivity index (χ1n) is 10.4. The standard InChI is InChI=1S/C25H25BrCl2N2O3/c1-4-32-23-10-17(13-29-18-7-5-15(2)21(27)11-18)9-20(26)25(23)33-14-24(31)30-19-8-6-16(3)22(28)12-19/h5-12,29H,4,13-14H2,1-3H3,(H,30,31). The van der Waals surface area contributed by atoms with Crippen molar-refractivity contribution in [1.82, 2.24) is 0 Å². The van der Waals surface area contributed by atoms with E-state index in [0.717, 1.165) is 22.4 Å². The van der Waals surface area contributed by atoms with Crippen molar-refractivity contribution < 1.29 is 14.3 Å². The van der Waals surface area contributed by atoms with Gasteiger partial charge in [-0.05, 0) is 89.8 Å². The molecule has 3 rings (SSSR count). The molecule has 0 unspecified atom stereocenters. The van der Waals surface area contributed by atoms with E-state index in [9.17, 15) is 4.79 Å². The van der Waals surface area contributed by atoms with Gasteiger partial charge in [0.15, 0.2) is 18.1 Å². The molecule has 5 nitrogen and oxygen atoms in total. The van der Waals surface area contributed by atoms with Crippen LogP contribution in [0.25, 0.3) is 0 Å². The van der Waals surface area contributed by atoms with E-state index in [-0.39, 0.29) is 12.5 Å². The summed E-state index contributed by atoms with van der Waals surface area (Å²) in [5.41, 5.74) is 4.48. The maximum absolute atomic E-state index is 12.4. The number of hydrogen-bond acceptors (Lipinski definition) is 4. The highest BCUT2D eigenvalue weighted by atomic mass is 79.9. The van der Waals surface area contributed by atoms with Gasteiger partial charge in [-0.15, -0.1) is 0 Å². The number of halogens is 3. The molecule has 0 saturated heterocycles. The maximum atomic E-state index is 12.4. The van der Waals surface area contributed by atoms with Crippen LogP contribution < -0.4 is 20.1 Å². The summed E-state index contributed by atoms with van der Waals surface area (Å²) in [5, 5.41) is 7.44. The molecular weight excluding hydrogens is 527 g/mol. The molecule has 8 heteroatoms. The molecular formula is C25H25BrCl2N2O3. The number of aryl methyl sites for hydroxylation is 2. The zero-order valence-electron chi connectivity index (χ0n) is 18.6. The van der Waals surface area contributed by atoms with Crippen LogP contribution in [0.1, 0.15) is 23.6 Å². The van der Waals surface area contributed by atoms with E-state index >= 15 is 0 Å². The maximum Gasteiger partial charge on any atom is 0.262 e. The Morgan fingerprint density at radius 3 is 2.21 bits per heavy atom. The summed E-state index contributed by atoms with van der Waals surface area (Å²) in [6, 6.07) is 15.0. The number of nitrogens with one attached hydrogen (secondary N) is 2. The lowest BCUT2D eigenvalue weighted by molar-refractivity contribution is -0.118. The van der Waals surface area contributed by atoms with Crippen molar-refractivity contribution in [3.8, 4) is 11.5 Å². The van der Waals surface area contributed by atoms with Gasteiger partial charge in [-0.2, -0.15) is 0 Å². The molecule has 0 bridgehead atoms. The second kappa shape index (κ2) is 11.6. The Morgan fingerprint density at radius 2 is 1.58 bits per heavy atom. The van der Waals surface area contributed by atoms with Gasteiger partial charge in [-0.3, -0.25) is 4.79 Å². The highest BCUT2D eigenvalue weighted by Crippen LogP contribution is 2.37. The molecule has 0 aliphatic heterocycles. The molecule has 0 saturated carbocycles. The lowest BCUT2D eigenvalue weighted by atomic mass is 10.2. The van der Waals surface area contributed by atoms with Crippen molar-refractivity contribution in [2.45, 2.75) is 27.3 Å². The number of anilines is 2. The Kier molecular flexibility index (Phi) is 8.89. The predicted octanol–water partition coefficient (Wildman–Crippen LogP) is 7.40. The highest BCUT2D eigenvalue weighted by Gasteiger charge is 2.15. The summed E-state index contributed by atoms with van der Waals surface area (Å²) in [6.45, 7) is 6.61. The van der Waals surface area contributed by atoms with Gasteiger partial charge in [0.2, 0.25) is 0 Å². The summed E-state index contributed by atoms with van der Waals surface area (Å²) < 4.78 is 12.3. The topological polar surface area (TPSA) is 59.6 Å². The normalized spacial score (nSPS) is 10.6. The van der Waals surface area contributed by atoms with Gasteiger partial charge in [-0.25, -0.2) is 0 Å². The Morgan fingerprint density at radius 1 is 0.939 bits per heavy atom. The minimum absolute atomic E-state index is 0.177. The summed E-state index contributed by atoms with van der Waals surface area (Å²) in [6.07, 6.45) is 0. The quantitative estimate of drug-likeness (QED) is 0.291. The first-order valence-corrected chi connectivity index (χ1v) is 12.0. The highest BCUT2D eigenvalue weighted by molar-refractivity contribution is 9.10. The third-order valence-corrected chi connectivity index (χ3v) is 6.24. The molecule has 0 atom stereocenters. The zero-order valence-corrected chi connectivity index (χ0v) is 21.7. The summed E-state index contributed by atoms with van der Waals surface area (Å²) >= 11 is 15.9. The number of ether oxygens (including phenoxy) is 2. The van der Waals surface area contributed by atoms with Crippen LogP contribution in [-0.2, 0) is 11.3 Å². The van der Waals surface area contributed by atoms with Crippen molar-refractivity contribution >= 4 is 56.4 Å². The van der Waals surface area contributed by atoms with Gasteiger partial charge in [0.25, 0.3) is 5.91 Å². The lowest BCUT2D eigenvalue weighted by Gasteiger charge is -2.16. The monoisotopic (exact) mass is 550 g/mol. The minimum Gasteiger partial charge on any atom is -0.490 e. The predicted molar refractivity (Wildman–Crippen MR) is 139 cm³/mol. The number of rotatable bonds is 9. The van der Waals surface area contributed by atoms with Gasteiger partial charge >= 0.3 is 0 Å². The van der Waals surface area contributed by atoms with Crippen molar-refractivity contribution in [3.05, 3.63) is 79.7 Å². The molecule has 0 heterocycles. The first-order chi connectivity index (χ1) is 15.8. The van der Waals surface area contributed by atoms with Crippen LogP contribution in [0.2, 0.25) is 10.0 Å². The van der Waals surface area contributed by atoms with Crippen LogP contribution in [0.5, 0.6) is 11.5 Å². The number of amides is 1. The Bertz CT molecular complexity index is 1150. The van der Waals surface area contributed by atoms with Gasteiger partial charge in [0, 0.05) is 28.0 Å². The molecule has 0 aromatic heterocycles. The van der Waals surface area contributed by atoms with E-state index in [2.05, 4.69) is 26.6 Å². The summed E-state index contributed by atoms with van der Waals surface area (Å²) in [5.74, 6) is 0.721. The number of carbonyl (C=O) groups is 1. The van der Waals surface area contributed by atoms with Gasteiger partial charge in [-0.1, -0.05) is 35.3 Å². The lowest BCUT2D eigenvalue weighted by Crippen LogP contribution is -2.20. The molecule has 3 aromatic carbocycles. The van der Waals surface area contributed by atoms with Gasteiger partial charge < -0.3 is 20.1 Å². The Labute approximate surface area is 212 Å². The number of hydrogen-bond donors (Lipinski definition) is 2. The van der Waals surface area contributed by atoms with Crippen LogP contribution in [-0.4, -0.2) is 19.1 Å². The van der Waals surface area contributed by atoms with E-state index < -0.39 is 0 Å². The van der Waals surface area contributed by atoms with Crippen molar-refractivity contribution in [1.29, 1.82) is 0 Å². The first kappa shape index (κ1) is 25.2. The fourth-order valence-corrected chi connectivity index (χ4v) is 4.00. The zero-order chi connectivity index (χ0) is 24.0. The number of carbonyl (C=O) groups excluding carboxylic acids is 1. The van der Waals surface area contributed by atoms with Crippen LogP contribution in [0, 0.1) is 13.8 Å². The summed E-state index contributed by atoms with van der Waals surface area (Å²) in [4.78, 5) is 12.4. The number of benzene rings is 3. The minimum atomic E-state index is -0.300.